The van der Waals surface area contributed by atoms with Gasteiger partial charge in [0, 0.05) is 23.4 Å². The SMILES string of the molecule is CC1=CC[C@H]2C(=O)N(c3ccc(C(=O)Nc4cccc(NC(=O)CCc5ccccc5)c4)cc3)C(=O)[C@@H]2C1. The predicted octanol–water partition coefficient (Wildman–Crippen LogP) is 5.36. The number of hydrogen-bond acceptors (Lipinski definition) is 4. The summed E-state index contributed by atoms with van der Waals surface area (Å²) in [6, 6.07) is 23.2. The van der Waals surface area contributed by atoms with Crippen molar-refractivity contribution in [2.45, 2.75) is 32.6 Å². The predicted molar refractivity (Wildman–Crippen MR) is 147 cm³/mol. The lowest BCUT2D eigenvalue weighted by atomic mass is 9.82. The molecule has 3 aromatic rings. The fraction of sp³-hybridized carbons (Fsp3) is 0.226. The molecule has 0 unspecified atom stereocenters. The molecule has 0 radical (unpaired) electrons. The largest absolute Gasteiger partial charge is 0.326 e. The lowest BCUT2D eigenvalue weighted by Crippen LogP contribution is -2.30. The first-order valence-electron chi connectivity index (χ1n) is 12.8. The Morgan fingerprint density at radius 3 is 2.26 bits per heavy atom. The van der Waals surface area contributed by atoms with E-state index in [4.69, 9.17) is 0 Å². The highest BCUT2D eigenvalue weighted by molar-refractivity contribution is 6.22. The number of aryl methyl sites for hydroxylation is 1. The number of imide groups is 1. The third kappa shape index (κ3) is 5.42. The molecule has 38 heavy (non-hydrogen) atoms. The highest BCUT2D eigenvalue weighted by Crippen LogP contribution is 2.39. The number of benzene rings is 3. The van der Waals surface area contributed by atoms with Gasteiger partial charge in [-0.15, -0.1) is 0 Å². The first-order valence-corrected chi connectivity index (χ1v) is 12.8. The number of allylic oxidation sites excluding steroid dienone is 2. The van der Waals surface area contributed by atoms with Crippen molar-refractivity contribution < 1.29 is 19.2 Å². The molecule has 192 valence electrons. The minimum Gasteiger partial charge on any atom is -0.326 e. The van der Waals surface area contributed by atoms with Gasteiger partial charge in [0.05, 0.1) is 17.5 Å². The first-order chi connectivity index (χ1) is 18.4. The molecular weight excluding hydrogens is 478 g/mol. The van der Waals surface area contributed by atoms with Crippen molar-refractivity contribution in [2.24, 2.45) is 11.8 Å². The molecule has 0 spiro atoms. The van der Waals surface area contributed by atoms with Crippen molar-refractivity contribution >= 4 is 40.7 Å². The number of carbonyl (C=O) groups excluding carboxylic acids is 4. The number of amides is 4. The lowest BCUT2D eigenvalue weighted by molar-refractivity contribution is -0.122. The number of nitrogens with zero attached hydrogens (tertiary/aromatic N) is 1. The second-order valence-electron chi connectivity index (χ2n) is 9.83. The zero-order valence-electron chi connectivity index (χ0n) is 21.1. The van der Waals surface area contributed by atoms with Crippen LogP contribution in [0.4, 0.5) is 17.1 Å². The summed E-state index contributed by atoms with van der Waals surface area (Å²) in [6.45, 7) is 1.99. The van der Waals surface area contributed by atoms with Crippen LogP contribution in [0, 0.1) is 11.8 Å². The summed E-state index contributed by atoms with van der Waals surface area (Å²) in [4.78, 5) is 52.3. The van der Waals surface area contributed by atoms with Crippen LogP contribution in [0.1, 0.15) is 42.1 Å². The Morgan fingerprint density at radius 2 is 1.53 bits per heavy atom. The maximum atomic E-state index is 12.9. The average molecular weight is 508 g/mol. The van der Waals surface area contributed by atoms with Crippen LogP contribution in [0.25, 0.3) is 0 Å². The molecule has 3 aromatic carbocycles. The fourth-order valence-electron chi connectivity index (χ4n) is 5.06. The molecule has 1 fully saturated rings. The van der Waals surface area contributed by atoms with Crippen LogP contribution in [0.5, 0.6) is 0 Å². The van der Waals surface area contributed by atoms with Crippen molar-refractivity contribution in [1.82, 2.24) is 0 Å². The summed E-state index contributed by atoms with van der Waals surface area (Å²) >= 11 is 0. The number of hydrogen-bond donors (Lipinski definition) is 2. The van der Waals surface area contributed by atoms with Gasteiger partial charge in [0.2, 0.25) is 17.7 Å². The van der Waals surface area contributed by atoms with Crippen LogP contribution >= 0.6 is 0 Å². The van der Waals surface area contributed by atoms with Crippen molar-refractivity contribution in [3.63, 3.8) is 0 Å². The Labute approximate surface area is 221 Å². The van der Waals surface area contributed by atoms with E-state index in [2.05, 4.69) is 10.6 Å². The van der Waals surface area contributed by atoms with Crippen LogP contribution in [-0.2, 0) is 20.8 Å². The van der Waals surface area contributed by atoms with Gasteiger partial charge in [0.1, 0.15) is 0 Å². The minimum atomic E-state index is -0.336. The summed E-state index contributed by atoms with van der Waals surface area (Å²) in [5, 5.41) is 5.71. The summed E-state index contributed by atoms with van der Waals surface area (Å²) < 4.78 is 0. The molecular formula is C31H29N3O4. The zero-order valence-corrected chi connectivity index (χ0v) is 21.1. The van der Waals surface area contributed by atoms with Crippen molar-refractivity contribution in [3.05, 3.63) is 102 Å². The van der Waals surface area contributed by atoms with E-state index in [0.717, 1.165) is 11.1 Å². The van der Waals surface area contributed by atoms with Gasteiger partial charge in [0.15, 0.2) is 0 Å². The van der Waals surface area contributed by atoms with E-state index in [1.54, 1.807) is 48.5 Å². The summed E-state index contributed by atoms with van der Waals surface area (Å²) in [7, 11) is 0. The van der Waals surface area contributed by atoms with E-state index < -0.39 is 0 Å². The standard InChI is InChI=1S/C31H29N3O4/c1-20-10-16-26-27(18-20)31(38)34(30(26)37)25-14-12-22(13-15-25)29(36)33-24-9-5-8-23(19-24)32-28(35)17-11-21-6-3-2-4-7-21/h2-10,12-15,19,26-27H,11,16-18H2,1H3,(H,32,35)(H,33,36)/t26-,27-/m1/s1. The molecule has 1 aliphatic heterocycles. The second-order valence-corrected chi connectivity index (χ2v) is 9.83. The van der Waals surface area contributed by atoms with Crippen molar-refractivity contribution in [3.8, 4) is 0 Å². The zero-order chi connectivity index (χ0) is 26.6. The van der Waals surface area contributed by atoms with Crippen molar-refractivity contribution in [2.75, 3.05) is 15.5 Å². The van der Waals surface area contributed by atoms with Crippen LogP contribution < -0.4 is 15.5 Å². The highest BCUT2D eigenvalue weighted by Gasteiger charge is 2.48. The van der Waals surface area contributed by atoms with Crippen molar-refractivity contribution in [1.29, 1.82) is 0 Å². The molecule has 0 saturated carbocycles. The molecule has 1 aliphatic carbocycles. The van der Waals surface area contributed by atoms with E-state index in [-0.39, 0.29) is 35.5 Å². The topological polar surface area (TPSA) is 95.6 Å². The summed E-state index contributed by atoms with van der Waals surface area (Å²) in [6.07, 6.45) is 4.23. The van der Waals surface area contributed by atoms with Crippen LogP contribution in [0.15, 0.2) is 90.5 Å². The minimum absolute atomic E-state index is 0.107. The third-order valence-corrected chi connectivity index (χ3v) is 7.10. The maximum Gasteiger partial charge on any atom is 0.255 e. The maximum absolute atomic E-state index is 12.9. The molecule has 0 aromatic heterocycles. The Balaban J connectivity index is 1.19. The van der Waals surface area contributed by atoms with E-state index in [9.17, 15) is 19.2 Å². The lowest BCUT2D eigenvalue weighted by Gasteiger charge is -2.18. The monoisotopic (exact) mass is 507 g/mol. The van der Waals surface area contributed by atoms with Crippen LogP contribution in [0.2, 0.25) is 0 Å². The third-order valence-electron chi connectivity index (χ3n) is 7.10. The normalized spacial score (nSPS) is 18.6. The molecule has 2 aliphatic rings. The number of carbonyl (C=O) groups is 4. The van der Waals surface area contributed by atoms with Gasteiger partial charge in [0.25, 0.3) is 5.91 Å². The number of nitrogens with one attached hydrogen (secondary N) is 2. The van der Waals surface area contributed by atoms with Gasteiger partial charge >= 0.3 is 0 Å². The molecule has 7 heteroatoms. The Hall–Kier alpha value is -4.52. The van der Waals surface area contributed by atoms with Gasteiger partial charge in [-0.2, -0.15) is 0 Å². The molecule has 0 bridgehead atoms. The van der Waals surface area contributed by atoms with Crippen LogP contribution in [-0.4, -0.2) is 23.6 Å². The average Bonchev–Trinajstić information content (AvgIpc) is 3.17. The van der Waals surface area contributed by atoms with Gasteiger partial charge in [-0.1, -0.05) is 48.0 Å². The Morgan fingerprint density at radius 1 is 0.842 bits per heavy atom. The smallest absolute Gasteiger partial charge is 0.255 e. The number of rotatable bonds is 7. The molecule has 2 atom stereocenters. The van der Waals surface area contributed by atoms with E-state index >= 15 is 0 Å². The van der Waals surface area contributed by atoms with E-state index in [0.29, 0.717) is 48.3 Å². The molecule has 1 heterocycles. The molecule has 1 saturated heterocycles. The van der Waals surface area contributed by atoms with Gasteiger partial charge in [-0.3, -0.25) is 24.1 Å². The molecule has 7 nitrogen and oxygen atoms in total. The van der Waals surface area contributed by atoms with E-state index in [1.165, 1.54) is 4.90 Å². The molecule has 4 amide bonds. The number of anilines is 3. The Bertz CT molecular complexity index is 1410. The Kier molecular flexibility index (Phi) is 7.18. The fourth-order valence-corrected chi connectivity index (χ4v) is 5.06. The second kappa shape index (κ2) is 10.8. The summed E-state index contributed by atoms with van der Waals surface area (Å²) in [5.41, 5.74) is 4.23. The summed E-state index contributed by atoms with van der Waals surface area (Å²) in [5.74, 6) is -1.40. The molecule has 2 N–H and O–H groups in total. The van der Waals surface area contributed by atoms with Gasteiger partial charge < -0.3 is 10.6 Å². The first kappa shape index (κ1) is 25.1. The quantitative estimate of drug-likeness (QED) is 0.333. The van der Waals surface area contributed by atoms with Crippen LogP contribution in [0.3, 0.4) is 0 Å². The van der Waals surface area contributed by atoms with Gasteiger partial charge in [-0.05, 0) is 74.2 Å². The van der Waals surface area contributed by atoms with E-state index in [1.807, 2.05) is 43.3 Å². The molecule has 5 rings (SSSR count). The number of fused-ring (bicyclic) bond motifs is 1. The highest BCUT2D eigenvalue weighted by atomic mass is 16.2. The van der Waals surface area contributed by atoms with Gasteiger partial charge in [-0.25, -0.2) is 0 Å².